The van der Waals surface area contributed by atoms with Crippen molar-refractivity contribution in [3.8, 4) is 0 Å². The number of rotatable bonds is 1. The molecule has 0 aromatic carbocycles. The molecule has 3 heteroatoms. The van der Waals surface area contributed by atoms with Gasteiger partial charge in [-0.3, -0.25) is 4.79 Å². The van der Waals surface area contributed by atoms with Gasteiger partial charge in [0.15, 0.2) is 5.78 Å². The largest absolute Gasteiger partial charge is 0.509 e. The van der Waals surface area contributed by atoms with Gasteiger partial charge in [0, 0.05) is 6.92 Å². The Kier molecular flexibility index (Phi) is 2.19. The van der Waals surface area contributed by atoms with Gasteiger partial charge in [0.1, 0.15) is 5.76 Å². The fraction of sp³-hybridized carbons (Fsp3) is 0.400. The molecule has 8 heavy (non-hydrogen) atoms. The zero-order valence-corrected chi connectivity index (χ0v) is 4.73. The van der Waals surface area contributed by atoms with Gasteiger partial charge in [0.05, 0.1) is 0 Å². The van der Waals surface area contributed by atoms with E-state index in [4.69, 9.17) is 5.11 Å². The minimum atomic E-state index is -1.06. The second-order valence-electron chi connectivity index (χ2n) is 1.46. The third-order valence-corrected chi connectivity index (χ3v) is 0.627. The van der Waals surface area contributed by atoms with Crippen molar-refractivity contribution < 1.29 is 14.3 Å². The molecule has 0 heterocycles. The number of carbonyl (C=O) groups excluding carboxylic acids is 1. The van der Waals surface area contributed by atoms with Crippen LogP contribution in [0.3, 0.4) is 0 Å². The van der Waals surface area contributed by atoms with Crippen LogP contribution in [-0.2, 0) is 4.79 Å². The molecule has 0 unspecified atom stereocenters. The summed E-state index contributed by atoms with van der Waals surface area (Å²) in [4.78, 5) is 9.99. The van der Waals surface area contributed by atoms with Crippen molar-refractivity contribution in [2.24, 2.45) is 0 Å². The Balaban J connectivity index is 4.23. The predicted octanol–water partition coefficient (Wildman–Crippen LogP) is 1.33. The summed E-state index contributed by atoms with van der Waals surface area (Å²) in [5.74, 6) is -2.37. The van der Waals surface area contributed by atoms with Crippen molar-refractivity contribution in [2.45, 2.75) is 13.8 Å². The van der Waals surface area contributed by atoms with Crippen molar-refractivity contribution in [2.75, 3.05) is 0 Å². The number of hydrogen-bond donors (Lipinski definition) is 1. The molecular weight excluding hydrogens is 111 g/mol. The molecule has 0 aromatic rings. The van der Waals surface area contributed by atoms with Gasteiger partial charge in [-0.25, -0.2) is 0 Å². The molecule has 0 rings (SSSR count). The Bertz CT molecular complexity index is 133. The second-order valence-corrected chi connectivity index (χ2v) is 1.46. The van der Waals surface area contributed by atoms with Crippen LogP contribution in [0.25, 0.3) is 0 Å². The summed E-state index contributed by atoms with van der Waals surface area (Å²) in [6, 6.07) is 0. The van der Waals surface area contributed by atoms with Crippen molar-refractivity contribution in [1.82, 2.24) is 0 Å². The fourth-order valence-corrected chi connectivity index (χ4v) is 0.255. The number of aliphatic hydroxyl groups excluding tert-OH is 1. The SMILES string of the molecule is CC(=O)/C(F)=C(\C)O. The summed E-state index contributed by atoms with van der Waals surface area (Å²) in [6.07, 6.45) is 0. The van der Waals surface area contributed by atoms with Gasteiger partial charge in [-0.1, -0.05) is 0 Å². The van der Waals surface area contributed by atoms with Crippen LogP contribution in [0, 0.1) is 0 Å². The third kappa shape index (κ3) is 1.73. The highest BCUT2D eigenvalue weighted by atomic mass is 19.1. The average Bonchev–Trinajstić information content (AvgIpc) is 1.64. The highest BCUT2D eigenvalue weighted by molar-refractivity contribution is 5.91. The lowest BCUT2D eigenvalue weighted by Crippen LogP contribution is -1.92. The molecule has 0 aliphatic heterocycles. The average molecular weight is 118 g/mol. The Morgan fingerprint density at radius 1 is 1.50 bits per heavy atom. The van der Waals surface area contributed by atoms with Crippen LogP contribution in [0.2, 0.25) is 0 Å². The molecule has 0 spiro atoms. The van der Waals surface area contributed by atoms with E-state index in [1.54, 1.807) is 0 Å². The molecule has 2 nitrogen and oxygen atoms in total. The van der Waals surface area contributed by atoms with E-state index in [0.717, 1.165) is 13.8 Å². The first-order chi connectivity index (χ1) is 3.55. The molecule has 0 aliphatic carbocycles. The monoisotopic (exact) mass is 118 g/mol. The Labute approximate surface area is 46.6 Å². The number of Topliss-reactive ketones (excluding diaryl/α,β-unsaturated/α-hetero) is 1. The molecule has 0 aromatic heterocycles. The predicted molar refractivity (Wildman–Crippen MR) is 27.1 cm³/mol. The third-order valence-electron chi connectivity index (χ3n) is 0.627. The molecule has 0 radical (unpaired) electrons. The highest BCUT2D eigenvalue weighted by Gasteiger charge is 2.03. The van der Waals surface area contributed by atoms with Crippen LogP contribution < -0.4 is 0 Å². The number of ketones is 1. The van der Waals surface area contributed by atoms with Gasteiger partial charge in [-0.2, -0.15) is 4.39 Å². The van der Waals surface area contributed by atoms with Crippen molar-refractivity contribution in [3.63, 3.8) is 0 Å². The van der Waals surface area contributed by atoms with Crippen LogP contribution in [0.1, 0.15) is 13.8 Å². The maximum absolute atomic E-state index is 11.9. The van der Waals surface area contributed by atoms with Crippen LogP contribution >= 0.6 is 0 Å². The molecule has 0 atom stereocenters. The van der Waals surface area contributed by atoms with E-state index < -0.39 is 17.4 Å². The standard InChI is InChI=1S/C5H7FO2/c1-3(7)5(6)4(2)8/h7H,1-2H3/b5-3-. The lowest BCUT2D eigenvalue weighted by Gasteiger charge is -1.88. The summed E-state index contributed by atoms with van der Waals surface area (Å²) in [6.45, 7) is 2.17. The molecule has 46 valence electrons. The first-order valence-corrected chi connectivity index (χ1v) is 2.12. The molecular formula is C5H7FO2. The van der Waals surface area contributed by atoms with Gasteiger partial charge in [-0.15, -0.1) is 0 Å². The maximum atomic E-state index is 11.9. The van der Waals surface area contributed by atoms with Crippen molar-refractivity contribution in [1.29, 1.82) is 0 Å². The summed E-state index contributed by atoms with van der Waals surface area (Å²) >= 11 is 0. The number of allylic oxidation sites excluding steroid dienone is 2. The summed E-state index contributed by atoms with van der Waals surface area (Å²) in [5.41, 5.74) is 0. The van der Waals surface area contributed by atoms with Crippen LogP contribution in [0.4, 0.5) is 4.39 Å². The van der Waals surface area contributed by atoms with Crippen LogP contribution in [0.5, 0.6) is 0 Å². The number of hydrogen-bond acceptors (Lipinski definition) is 2. The molecule has 0 aliphatic rings. The van der Waals surface area contributed by atoms with E-state index in [2.05, 4.69) is 0 Å². The summed E-state index contributed by atoms with van der Waals surface area (Å²) in [5, 5.41) is 8.28. The first kappa shape index (κ1) is 7.14. The smallest absolute Gasteiger partial charge is 0.202 e. The van der Waals surface area contributed by atoms with Crippen molar-refractivity contribution in [3.05, 3.63) is 11.6 Å². The molecule has 0 fully saturated rings. The first-order valence-electron chi connectivity index (χ1n) is 2.12. The van der Waals surface area contributed by atoms with Gasteiger partial charge in [0.25, 0.3) is 0 Å². The van der Waals surface area contributed by atoms with Crippen LogP contribution in [-0.4, -0.2) is 10.9 Å². The van der Waals surface area contributed by atoms with Crippen LogP contribution in [0.15, 0.2) is 11.6 Å². The quantitative estimate of drug-likeness (QED) is 0.416. The molecule has 0 saturated heterocycles. The minimum Gasteiger partial charge on any atom is -0.509 e. The lowest BCUT2D eigenvalue weighted by atomic mass is 10.3. The topological polar surface area (TPSA) is 37.3 Å². The van der Waals surface area contributed by atoms with E-state index >= 15 is 0 Å². The Morgan fingerprint density at radius 2 is 1.88 bits per heavy atom. The highest BCUT2D eigenvalue weighted by Crippen LogP contribution is 2.01. The van der Waals surface area contributed by atoms with E-state index in [-0.39, 0.29) is 0 Å². The molecule has 0 bridgehead atoms. The maximum Gasteiger partial charge on any atom is 0.202 e. The minimum absolute atomic E-state index is 0.558. The zero-order chi connectivity index (χ0) is 6.73. The van der Waals surface area contributed by atoms with E-state index in [0.29, 0.717) is 0 Å². The number of carbonyl (C=O) groups is 1. The summed E-state index contributed by atoms with van der Waals surface area (Å²) < 4.78 is 11.9. The second kappa shape index (κ2) is 2.45. The zero-order valence-electron chi connectivity index (χ0n) is 4.73. The van der Waals surface area contributed by atoms with E-state index in [9.17, 15) is 9.18 Å². The lowest BCUT2D eigenvalue weighted by molar-refractivity contribution is -0.115. The molecule has 1 N–H and O–H groups in total. The normalized spacial score (nSPS) is 12.9. The fourth-order valence-electron chi connectivity index (χ4n) is 0.255. The Hall–Kier alpha value is -0.860. The molecule has 0 amide bonds. The molecule has 0 saturated carbocycles. The summed E-state index contributed by atoms with van der Waals surface area (Å²) in [7, 11) is 0. The van der Waals surface area contributed by atoms with Gasteiger partial charge in [0.2, 0.25) is 5.83 Å². The van der Waals surface area contributed by atoms with E-state index in [1.165, 1.54) is 0 Å². The van der Waals surface area contributed by atoms with Crippen molar-refractivity contribution >= 4 is 5.78 Å². The van der Waals surface area contributed by atoms with Gasteiger partial charge >= 0.3 is 0 Å². The Morgan fingerprint density at radius 3 is 1.88 bits per heavy atom. The number of halogens is 1. The van der Waals surface area contributed by atoms with Gasteiger partial charge < -0.3 is 5.11 Å². The number of aliphatic hydroxyl groups is 1. The van der Waals surface area contributed by atoms with E-state index in [1.807, 2.05) is 0 Å². The van der Waals surface area contributed by atoms with Gasteiger partial charge in [-0.05, 0) is 6.92 Å².